The fourth-order valence-electron chi connectivity index (χ4n) is 5.20. The van der Waals surface area contributed by atoms with E-state index in [1.165, 1.54) is 25.7 Å². The summed E-state index contributed by atoms with van der Waals surface area (Å²) in [6.07, 6.45) is 7.31. The van der Waals surface area contributed by atoms with Crippen LogP contribution in [0.1, 0.15) is 32.1 Å². The number of hydrogen-bond donors (Lipinski definition) is 1. The standard InChI is InChI=1S/C30H28O3/c1-2-21(19-20-9-3-4-10-20)30(32)33-27-18-16-23-12-6-8-14-25(23)29(27)28-24-13-7-5-11-22(24)15-17-26(28)31/h2,5-8,11-18,20-21,31H,1,3-4,9-10,19H2/t21-/m0/s1. The van der Waals surface area contributed by atoms with E-state index in [1.807, 2.05) is 66.7 Å². The van der Waals surface area contributed by atoms with Crippen molar-refractivity contribution < 1.29 is 14.6 Å². The van der Waals surface area contributed by atoms with E-state index < -0.39 is 0 Å². The second-order valence-corrected chi connectivity index (χ2v) is 8.99. The lowest BCUT2D eigenvalue weighted by Crippen LogP contribution is -2.21. The molecule has 0 radical (unpaired) electrons. The van der Waals surface area contributed by atoms with E-state index >= 15 is 0 Å². The van der Waals surface area contributed by atoms with Gasteiger partial charge in [-0.05, 0) is 46.0 Å². The maximum absolute atomic E-state index is 13.2. The highest BCUT2D eigenvalue weighted by Crippen LogP contribution is 2.45. The minimum absolute atomic E-state index is 0.161. The number of aromatic hydroxyl groups is 1. The third-order valence-electron chi connectivity index (χ3n) is 6.91. The van der Waals surface area contributed by atoms with Crippen LogP contribution in [0.15, 0.2) is 85.5 Å². The average molecular weight is 437 g/mol. The van der Waals surface area contributed by atoms with Crippen molar-refractivity contribution in [1.29, 1.82) is 0 Å². The lowest BCUT2D eigenvalue weighted by Gasteiger charge is -2.19. The molecule has 0 bridgehead atoms. The summed E-state index contributed by atoms with van der Waals surface area (Å²) in [5, 5.41) is 14.8. The largest absolute Gasteiger partial charge is 0.507 e. The molecule has 0 spiro atoms. The van der Waals surface area contributed by atoms with Gasteiger partial charge in [-0.25, -0.2) is 0 Å². The molecule has 33 heavy (non-hydrogen) atoms. The van der Waals surface area contributed by atoms with Crippen molar-refractivity contribution in [3.63, 3.8) is 0 Å². The fraction of sp³-hybridized carbons (Fsp3) is 0.233. The van der Waals surface area contributed by atoms with Crippen molar-refractivity contribution in [3.05, 3.63) is 85.5 Å². The van der Waals surface area contributed by atoms with Crippen LogP contribution in [0, 0.1) is 11.8 Å². The number of benzene rings is 4. The second-order valence-electron chi connectivity index (χ2n) is 8.99. The Bertz CT molecular complexity index is 1330. The highest BCUT2D eigenvalue weighted by atomic mass is 16.5. The zero-order chi connectivity index (χ0) is 22.8. The van der Waals surface area contributed by atoms with Crippen LogP contribution in [-0.2, 0) is 4.79 Å². The maximum atomic E-state index is 13.2. The summed E-state index contributed by atoms with van der Waals surface area (Å²) < 4.78 is 6.05. The number of rotatable bonds is 6. The van der Waals surface area contributed by atoms with Crippen LogP contribution in [0.5, 0.6) is 11.5 Å². The Morgan fingerprint density at radius 1 is 0.909 bits per heavy atom. The van der Waals surface area contributed by atoms with Gasteiger partial charge >= 0.3 is 5.97 Å². The molecule has 1 aliphatic rings. The topological polar surface area (TPSA) is 46.5 Å². The van der Waals surface area contributed by atoms with Gasteiger partial charge in [0.2, 0.25) is 0 Å². The summed E-state index contributed by atoms with van der Waals surface area (Å²) in [6, 6.07) is 23.3. The monoisotopic (exact) mass is 436 g/mol. The molecule has 1 saturated carbocycles. The van der Waals surface area contributed by atoms with Gasteiger partial charge in [-0.2, -0.15) is 0 Å². The molecule has 1 N–H and O–H groups in total. The molecule has 0 unspecified atom stereocenters. The van der Waals surface area contributed by atoms with Crippen molar-refractivity contribution in [2.75, 3.05) is 0 Å². The number of ether oxygens (including phenoxy) is 1. The Labute approximate surface area is 194 Å². The first-order valence-electron chi connectivity index (χ1n) is 11.7. The van der Waals surface area contributed by atoms with Crippen LogP contribution in [-0.4, -0.2) is 11.1 Å². The highest BCUT2D eigenvalue weighted by molar-refractivity contribution is 6.10. The van der Waals surface area contributed by atoms with E-state index in [-0.39, 0.29) is 17.6 Å². The minimum atomic E-state index is -0.339. The average Bonchev–Trinajstić information content (AvgIpc) is 3.36. The first-order valence-corrected chi connectivity index (χ1v) is 11.7. The van der Waals surface area contributed by atoms with Crippen LogP contribution < -0.4 is 4.74 Å². The smallest absolute Gasteiger partial charge is 0.318 e. The van der Waals surface area contributed by atoms with E-state index in [4.69, 9.17) is 4.74 Å². The Morgan fingerprint density at radius 3 is 2.18 bits per heavy atom. The minimum Gasteiger partial charge on any atom is -0.507 e. The van der Waals surface area contributed by atoms with Gasteiger partial charge in [0.25, 0.3) is 0 Å². The second kappa shape index (κ2) is 9.11. The molecule has 166 valence electrons. The number of carbonyl (C=O) groups is 1. The summed E-state index contributed by atoms with van der Waals surface area (Å²) in [4.78, 5) is 13.2. The predicted octanol–water partition coefficient (Wildman–Crippen LogP) is 7.65. The van der Waals surface area contributed by atoms with Gasteiger partial charge in [0.1, 0.15) is 11.5 Å². The first-order chi connectivity index (χ1) is 16.2. The number of carbonyl (C=O) groups excluding carboxylic acids is 1. The van der Waals surface area contributed by atoms with E-state index in [9.17, 15) is 9.90 Å². The Hall–Kier alpha value is -3.59. The number of phenolic OH excluding ortho intramolecular Hbond substituents is 1. The molecule has 0 aromatic heterocycles. The van der Waals surface area contributed by atoms with Crippen molar-refractivity contribution in [2.45, 2.75) is 32.1 Å². The lowest BCUT2D eigenvalue weighted by molar-refractivity contribution is -0.137. The van der Waals surface area contributed by atoms with E-state index in [1.54, 1.807) is 12.1 Å². The van der Waals surface area contributed by atoms with Crippen molar-refractivity contribution in [1.82, 2.24) is 0 Å². The molecule has 4 aromatic carbocycles. The number of hydrogen-bond acceptors (Lipinski definition) is 3. The molecule has 4 aromatic rings. The van der Waals surface area contributed by atoms with Gasteiger partial charge in [0, 0.05) is 11.1 Å². The van der Waals surface area contributed by atoms with E-state index in [0.29, 0.717) is 17.2 Å². The first kappa shape index (κ1) is 21.3. The van der Waals surface area contributed by atoms with Crippen molar-refractivity contribution in [2.24, 2.45) is 11.8 Å². The highest BCUT2D eigenvalue weighted by Gasteiger charge is 2.26. The van der Waals surface area contributed by atoms with Crippen molar-refractivity contribution >= 4 is 27.5 Å². The van der Waals surface area contributed by atoms with Gasteiger partial charge in [-0.1, -0.05) is 92.4 Å². The fourth-order valence-corrected chi connectivity index (χ4v) is 5.20. The van der Waals surface area contributed by atoms with E-state index in [2.05, 4.69) is 6.58 Å². The molecule has 1 atom stereocenters. The Kier molecular flexibility index (Phi) is 5.87. The summed E-state index contributed by atoms with van der Waals surface area (Å²) in [5.41, 5.74) is 1.41. The molecular weight excluding hydrogens is 408 g/mol. The maximum Gasteiger partial charge on any atom is 0.318 e. The molecule has 3 nitrogen and oxygen atoms in total. The molecule has 5 rings (SSSR count). The van der Waals surface area contributed by atoms with Crippen LogP contribution >= 0.6 is 0 Å². The molecular formula is C30H28O3. The SMILES string of the molecule is C=C[C@@H](CC1CCCC1)C(=O)Oc1ccc2ccccc2c1-c1c(O)ccc2ccccc12. The molecule has 3 heteroatoms. The number of phenols is 1. The van der Waals surface area contributed by atoms with Crippen LogP contribution in [0.25, 0.3) is 32.7 Å². The molecule has 0 heterocycles. The van der Waals surface area contributed by atoms with Crippen LogP contribution in [0.4, 0.5) is 0 Å². The normalized spacial score (nSPS) is 15.0. The Morgan fingerprint density at radius 2 is 1.52 bits per heavy atom. The Balaban J connectivity index is 1.63. The van der Waals surface area contributed by atoms with Gasteiger partial charge in [0.15, 0.2) is 0 Å². The molecule has 1 aliphatic carbocycles. The third kappa shape index (κ3) is 4.11. The van der Waals surface area contributed by atoms with Crippen LogP contribution in [0.3, 0.4) is 0 Å². The summed E-state index contributed by atoms with van der Waals surface area (Å²) in [7, 11) is 0. The summed E-state index contributed by atoms with van der Waals surface area (Å²) in [6.45, 7) is 3.91. The van der Waals surface area contributed by atoms with Crippen LogP contribution in [0.2, 0.25) is 0 Å². The lowest BCUT2D eigenvalue weighted by atomic mass is 9.91. The van der Waals surface area contributed by atoms with Gasteiger partial charge in [-0.15, -0.1) is 6.58 Å². The third-order valence-corrected chi connectivity index (χ3v) is 6.91. The van der Waals surface area contributed by atoms with Gasteiger partial charge < -0.3 is 9.84 Å². The van der Waals surface area contributed by atoms with Gasteiger partial charge in [-0.3, -0.25) is 4.79 Å². The van der Waals surface area contributed by atoms with E-state index in [0.717, 1.165) is 33.5 Å². The number of esters is 1. The molecule has 0 aliphatic heterocycles. The zero-order valence-corrected chi connectivity index (χ0v) is 18.7. The van der Waals surface area contributed by atoms with Crippen molar-refractivity contribution in [3.8, 4) is 22.6 Å². The quantitative estimate of drug-likeness (QED) is 0.192. The number of fused-ring (bicyclic) bond motifs is 2. The predicted molar refractivity (Wildman–Crippen MR) is 134 cm³/mol. The zero-order valence-electron chi connectivity index (χ0n) is 18.7. The molecule has 0 saturated heterocycles. The molecule has 1 fully saturated rings. The summed E-state index contributed by atoms with van der Waals surface area (Å²) in [5.74, 6) is 0.553. The molecule has 0 amide bonds. The van der Waals surface area contributed by atoms with Gasteiger partial charge in [0.05, 0.1) is 5.92 Å². The summed E-state index contributed by atoms with van der Waals surface area (Å²) >= 11 is 0.